The van der Waals surface area contributed by atoms with E-state index in [4.69, 9.17) is 0 Å². The van der Waals surface area contributed by atoms with Gasteiger partial charge in [0.2, 0.25) is 5.91 Å². The first-order valence-electron chi connectivity index (χ1n) is 10.2. The fourth-order valence-electron chi connectivity index (χ4n) is 2.94. The standard InChI is InChI=1S/C24H27N5OS/c1-16(2)24(5,15-25)26-21(30)14-31-23-28-27-22(19-10-6-17(3)7-11-19)29(23)20-12-8-18(4)9-13-20/h6-13,16H,14H2,1-5H3,(H,26,30)/t24-/m0/s1. The lowest BCUT2D eigenvalue weighted by atomic mass is 9.90. The largest absolute Gasteiger partial charge is 0.337 e. The van der Waals surface area contributed by atoms with Crippen molar-refractivity contribution in [3.8, 4) is 23.1 Å². The molecule has 0 unspecified atom stereocenters. The lowest BCUT2D eigenvalue weighted by molar-refractivity contribution is -0.120. The Morgan fingerprint density at radius 3 is 2.23 bits per heavy atom. The molecule has 6 nitrogen and oxygen atoms in total. The lowest BCUT2D eigenvalue weighted by Gasteiger charge is -2.27. The lowest BCUT2D eigenvalue weighted by Crippen LogP contribution is -2.49. The second-order valence-electron chi connectivity index (χ2n) is 8.15. The Kier molecular flexibility index (Phi) is 6.81. The van der Waals surface area contributed by atoms with E-state index in [0.717, 1.165) is 22.6 Å². The zero-order valence-electron chi connectivity index (χ0n) is 18.5. The van der Waals surface area contributed by atoms with Gasteiger partial charge in [-0.05, 0) is 38.8 Å². The van der Waals surface area contributed by atoms with Crippen LogP contribution in [0.2, 0.25) is 0 Å². The van der Waals surface area contributed by atoms with Crippen LogP contribution >= 0.6 is 11.8 Å². The third-order valence-corrected chi connectivity index (χ3v) is 6.28. The van der Waals surface area contributed by atoms with Crippen molar-refractivity contribution >= 4 is 17.7 Å². The molecule has 0 bridgehead atoms. The van der Waals surface area contributed by atoms with E-state index in [1.165, 1.54) is 17.3 Å². The van der Waals surface area contributed by atoms with Crippen LogP contribution in [-0.4, -0.2) is 32.0 Å². The molecular formula is C24H27N5OS. The third-order valence-electron chi connectivity index (χ3n) is 5.35. The molecule has 1 atom stereocenters. The molecule has 3 rings (SSSR count). The van der Waals surface area contributed by atoms with Gasteiger partial charge in [-0.15, -0.1) is 10.2 Å². The van der Waals surface area contributed by atoms with E-state index >= 15 is 0 Å². The summed E-state index contributed by atoms with van der Waals surface area (Å²) in [5, 5.41) is 21.7. The summed E-state index contributed by atoms with van der Waals surface area (Å²) in [7, 11) is 0. The normalized spacial score (nSPS) is 12.9. The van der Waals surface area contributed by atoms with Gasteiger partial charge in [-0.2, -0.15) is 5.26 Å². The molecule has 0 spiro atoms. The van der Waals surface area contributed by atoms with Gasteiger partial charge >= 0.3 is 0 Å². The molecule has 7 heteroatoms. The molecule has 160 valence electrons. The van der Waals surface area contributed by atoms with Crippen LogP contribution in [0.25, 0.3) is 17.1 Å². The fraction of sp³-hybridized carbons (Fsp3) is 0.333. The van der Waals surface area contributed by atoms with Gasteiger partial charge in [0.1, 0.15) is 5.54 Å². The van der Waals surface area contributed by atoms with E-state index in [0.29, 0.717) is 5.16 Å². The quantitative estimate of drug-likeness (QED) is 0.546. The number of carbonyl (C=O) groups is 1. The van der Waals surface area contributed by atoms with Crippen LogP contribution in [0.1, 0.15) is 31.9 Å². The highest BCUT2D eigenvalue weighted by atomic mass is 32.2. The number of nitriles is 1. The summed E-state index contributed by atoms with van der Waals surface area (Å²) in [4.78, 5) is 12.6. The Bertz CT molecular complexity index is 1100. The molecule has 2 aromatic carbocycles. The van der Waals surface area contributed by atoms with Gasteiger partial charge in [0.25, 0.3) is 0 Å². The number of thioether (sulfide) groups is 1. The molecule has 0 fully saturated rings. The first kappa shape index (κ1) is 22.6. The molecule has 0 saturated carbocycles. The van der Waals surface area contributed by atoms with Gasteiger partial charge in [0.15, 0.2) is 11.0 Å². The smallest absolute Gasteiger partial charge is 0.231 e. The molecule has 0 aliphatic heterocycles. The maximum atomic E-state index is 12.6. The van der Waals surface area contributed by atoms with Crippen LogP contribution in [0.4, 0.5) is 0 Å². The van der Waals surface area contributed by atoms with Crippen molar-refractivity contribution in [1.82, 2.24) is 20.1 Å². The predicted molar refractivity (Wildman–Crippen MR) is 124 cm³/mol. The average molecular weight is 434 g/mol. The number of nitrogens with zero attached hydrogens (tertiary/aromatic N) is 4. The summed E-state index contributed by atoms with van der Waals surface area (Å²) in [6.07, 6.45) is 0. The Balaban J connectivity index is 1.90. The van der Waals surface area contributed by atoms with Gasteiger partial charge in [0, 0.05) is 11.3 Å². The number of aryl methyl sites for hydroxylation is 2. The van der Waals surface area contributed by atoms with Crippen LogP contribution in [0.15, 0.2) is 53.7 Å². The SMILES string of the molecule is Cc1ccc(-c2nnc(SCC(=O)N[C@@](C)(C#N)C(C)C)n2-c2ccc(C)cc2)cc1. The maximum Gasteiger partial charge on any atom is 0.231 e. The van der Waals surface area contributed by atoms with Crippen molar-refractivity contribution in [1.29, 1.82) is 5.26 Å². The summed E-state index contributed by atoms with van der Waals surface area (Å²) >= 11 is 1.30. The van der Waals surface area contributed by atoms with E-state index in [1.807, 2.05) is 80.8 Å². The van der Waals surface area contributed by atoms with Crippen LogP contribution in [0.3, 0.4) is 0 Å². The van der Waals surface area contributed by atoms with Crippen LogP contribution < -0.4 is 5.32 Å². The molecule has 0 radical (unpaired) electrons. The summed E-state index contributed by atoms with van der Waals surface area (Å²) in [6.45, 7) is 9.65. The molecule has 1 amide bonds. The van der Waals surface area contributed by atoms with Gasteiger partial charge in [-0.1, -0.05) is 73.1 Å². The number of rotatable bonds is 7. The molecule has 1 heterocycles. The number of amides is 1. The summed E-state index contributed by atoms with van der Waals surface area (Å²) in [5.74, 6) is 0.645. The summed E-state index contributed by atoms with van der Waals surface area (Å²) in [5.41, 5.74) is 3.30. The highest BCUT2D eigenvalue weighted by Crippen LogP contribution is 2.28. The van der Waals surface area contributed by atoms with Crippen LogP contribution in [0, 0.1) is 31.1 Å². The van der Waals surface area contributed by atoms with Gasteiger partial charge < -0.3 is 5.32 Å². The van der Waals surface area contributed by atoms with E-state index in [9.17, 15) is 10.1 Å². The number of benzene rings is 2. The minimum atomic E-state index is -0.907. The number of hydrogen-bond donors (Lipinski definition) is 1. The van der Waals surface area contributed by atoms with Crippen LogP contribution in [0.5, 0.6) is 0 Å². The molecule has 0 aliphatic carbocycles. The minimum absolute atomic E-state index is 0.00389. The Morgan fingerprint density at radius 2 is 1.68 bits per heavy atom. The Morgan fingerprint density at radius 1 is 1.10 bits per heavy atom. The topological polar surface area (TPSA) is 83.6 Å². The minimum Gasteiger partial charge on any atom is -0.337 e. The first-order chi connectivity index (χ1) is 14.7. The highest BCUT2D eigenvalue weighted by molar-refractivity contribution is 7.99. The summed E-state index contributed by atoms with van der Waals surface area (Å²) < 4.78 is 1.97. The molecule has 1 aromatic heterocycles. The highest BCUT2D eigenvalue weighted by Gasteiger charge is 2.30. The molecular weight excluding hydrogens is 406 g/mol. The van der Waals surface area contributed by atoms with Crippen molar-refractivity contribution in [2.45, 2.75) is 45.3 Å². The predicted octanol–water partition coefficient (Wildman–Crippen LogP) is 4.70. The second-order valence-corrected chi connectivity index (χ2v) is 9.09. The van der Waals surface area contributed by atoms with E-state index in [2.05, 4.69) is 21.6 Å². The maximum absolute atomic E-state index is 12.6. The molecule has 0 saturated heterocycles. The number of carbonyl (C=O) groups excluding carboxylic acids is 1. The van der Waals surface area contributed by atoms with E-state index in [1.54, 1.807) is 6.92 Å². The van der Waals surface area contributed by atoms with Crippen molar-refractivity contribution in [2.24, 2.45) is 5.92 Å². The van der Waals surface area contributed by atoms with E-state index in [-0.39, 0.29) is 17.6 Å². The second kappa shape index (κ2) is 9.36. The Labute approximate surface area is 187 Å². The summed E-state index contributed by atoms with van der Waals surface area (Å²) in [6, 6.07) is 18.4. The van der Waals surface area contributed by atoms with Gasteiger partial charge in [-0.25, -0.2) is 0 Å². The fourth-order valence-corrected chi connectivity index (χ4v) is 3.69. The van der Waals surface area contributed by atoms with Crippen molar-refractivity contribution in [3.05, 3.63) is 59.7 Å². The van der Waals surface area contributed by atoms with Crippen molar-refractivity contribution in [3.63, 3.8) is 0 Å². The van der Waals surface area contributed by atoms with Crippen molar-refractivity contribution in [2.75, 3.05) is 5.75 Å². The first-order valence-corrected chi connectivity index (χ1v) is 11.2. The van der Waals surface area contributed by atoms with Gasteiger partial charge in [-0.3, -0.25) is 9.36 Å². The monoisotopic (exact) mass is 433 g/mol. The number of aromatic nitrogens is 3. The van der Waals surface area contributed by atoms with E-state index < -0.39 is 5.54 Å². The van der Waals surface area contributed by atoms with Gasteiger partial charge in [0.05, 0.1) is 11.8 Å². The molecule has 0 aliphatic rings. The molecule has 1 N–H and O–H groups in total. The number of nitrogens with one attached hydrogen (secondary N) is 1. The zero-order valence-corrected chi connectivity index (χ0v) is 19.3. The van der Waals surface area contributed by atoms with Crippen LogP contribution in [-0.2, 0) is 4.79 Å². The molecule has 3 aromatic rings. The Hall–Kier alpha value is -3.11. The van der Waals surface area contributed by atoms with Crippen molar-refractivity contribution < 1.29 is 4.79 Å². The molecule has 31 heavy (non-hydrogen) atoms. The third kappa shape index (κ3) is 5.15. The number of hydrogen-bond acceptors (Lipinski definition) is 5. The average Bonchev–Trinajstić information content (AvgIpc) is 3.17. The zero-order chi connectivity index (χ0) is 22.6.